The number of carbonyl (C=O) groups is 2. The van der Waals surface area contributed by atoms with Gasteiger partial charge in [0.05, 0.1) is 30.0 Å². The molecule has 6 nitrogen and oxygen atoms in total. The monoisotopic (exact) mass is 305 g/mol. The predicted octanol–water partition coefficient (Wildman–Crippen LogP) is 0.657. The molecule has 2 atom stereocenters. The molecule has 3 amide bonds. The third kappa shape index (κ3) is 2.55. The first-order valence-corrected chi connectivity index (χ1v) is 6.99. The highest BCUT2D eigenvalue weighted by molar-refractivity contribution is 6.01. The van der Waals surface area contributed by atoms with Gasteiger partial charge in [-0.05, 0) is 24.6 Å². The molecule has 1 aromatic rings. The summed E-state index contributed by atoms with van der Waals surface area (Å²) in [6.45, 7) is 2.00. The lowest BCUT2D eigenvalue weighted by atomic mass is 9.96. The van der Waals surface area contributed by atoms with Crippen molar-refractivity contribution in [3.63, 3.8) is 0 Å². The summed E-state index contributed by atoms with van der Waals surface area (Å²) in [5, 5.41) is 14.7. The number of β-amino-alcohol motifs (C(OH)–C–C–N with tert-alkyl or cyclic N) is 1. The zero-order valence-corrected chi connectivity index (χ0v) is 12.0. The molecule has 2 aliphatic heterocycles. The van der Waals surface area contributed by atoms with Crippen LogP contribution in [0.2, 0.25) is 0 Å². The molecule has 0 radical (unpaired) electrons. The van der Waals surface area contributed by atoms with Crippen LogP contribution in [0, 0.1) is 5.82 Å². The van der Waals surface area contributed by atoms with E-state index >= 15 is 0 Å². The van der Waals surface area contributed by atoms with E-state index < -0.39 is 24.0 Å². The van der Waals surface area contributed by atoms with Crippen molar-refractivity contribution >= 4 is 11.9 Å². The third-order valence-corrected chi connectivity index (χ3v) is 3.69. The quantitative estimate of drug-likeness (QED) is 0.767. The van der Waals surface area contributed by atoms with Crippen molar-refractivity contribution in [1.29, 1.82) is 0 Å². The van der Waals surface area contributed by atoms with E-state index in [4.69, 9.17) is 0 Å². The Morgan fingerprint density at radius 1 is 1.45 bits per heavy atom. The van der Waals surface area contributed by atoms with E-state index in [-0.39, 0.29) is 19.0 Å². The first-order chi connectivity index (χ1) is 10.5. The Balaban J connectivity index is 1.96. The number of nitrogens with one attached hydrogen (secondary N) is 2. The van der Waals surface area contributed by atoms with Gasteiger partial charge in [0.1, 0.15) is 5.82 Å². The molecular formula is C15H16FN3O3. The number of rotatable bonds is 3. The summed E-state index contributed by atoms with van der Waals surface area (Å²) in [5.41, 5.74) is 1.41. The fourth-order valence-corrected chi connectivity index (χ4v) is 2.83. The molecule has 0 aliphatic carbocycles. The molecule has 2 aliphatic rings. The third-order valence-electron chi connectivity index (χ3n) is 3.69. The van der Waals surface area contributed by atoms with Crippen LogP contribution in [-0.4, -0.2) is 41.1 Å². The van der Waals surface area contributed by atoms with E-state index in [1.54, 1.807) is 13.0 Å². The average molecular weight is 305 g/mol. The molecule has 2 heterocycles. The first kappa shape index (κ1) is 14.5. The van der Waals surface area contributed by atoms with Gasteiger partial charge >= 0.3 is 6.03 Å². The summed E-state index contributed by atoms with van der Waals surface area (Å²) in [6, 6.07) is 4.68. The van der Waals surface area contributed by atoms with Gasteiger partial charge in [0, 0.05) is 6.54 Å². The summed E-state index contributed by atoms with van der Waals surface area (Å²) in [4.78, 5) is 25.8. The molecule has 1 aromatic carbocycles. The lowest BCUT2D eigenvalue weighted by Crippen LogP contribution is -2.44. The van der Waals surface area contributed by atoms with Gasteiger partial charge in [-0.25, -0.2) is 9.18 Å². The molecule has 3 N–H and O–H groups in total. The predicted molar refractivity (Wildman–Crippen MR) is 76.1 cm³/mol. The van der Waals surface area contributed by atoms with Crippen LogP contribution in [0.5, 0.6) is 0 Å². The Morgan fingerprint density at radius 3 is 2.91 bits per heavy atom. The van der Waals surface area contributed by atoms with Gasteiger partial charge < -0.3 is 20.6 Å². The highest BCUT2D eigenvalue weighted by Gasteiger charge is 2.40. The Bertz CT molecular complexity index is 672. The number of amides is 3. The molecule has 0 saturated carbocycles. The van der Waals surface area contributed by atoms with E-state index in [9.17, 15) is 19.1 Å². The van der Waals surface area contributed by atoms with Crippen LogP contribution < -0.4 is 10.6 Å². The van der Waals surface area contributed by atoms with Crippen molar-refractivity contribution in [2.75, 3.05) is 13.1 Å². The summed E-state index contributed by atoms with van der Waals surface area (Å²) >= 11 is 0. The number of carbonyl (C=O) groups excluding carboxylic acids is 2. The van der Waals surface area contributed by atoms with Gasteiger partial charge in [-0.2, -0.15) is 0 Å². The van der Waals surface area contributed by atoms with Crippen LogP contribution in [0.15, 0.2) is 35.5 Å². The summed E-state index contributed by atoms with van der Waals surface area (Å²) < 4.78 is 13.4. The Morgan fingerprint density at radius 2 is 2.23 bits per heavy atom. The summed E-state index contributed by atoms with van der Waals surface area (Å²) in [7, 11) is 0. The Hall–Kier alpha value is -2.41. The molecule has 0 aromatic heterocycles. The number of benzene rings is 1. The van der Waals surface area contributed by atoms with Gasteiger partial charge in [0.15, 0.2) is 0 Å². The lowest BCUT2D eigenvalue weighted by Gasteiger charge is -2.25. The number of halogens is 1. The summed E-state index contributed by atoms with van der Waals surface area (Å²) in [6.07, 6.45) is -0.665. The highest BCUT2D eigenvalue weighted by atomic mass is 19.1. The molecule has 7 heteroatoms. The molecule has 0 fully saturated rings. The second-order valence-electron chi connectivity index (χ2n) is 5.51. The minimum atomic E-state index is -0.689. The number of nitrogens with zero attached hydrogens (tertiary/aromatic N) is 1. The van der Waals surface area contributed by atoms with Crippen LogP contribution >= 0.6 is 0 Å². The van der Waals surface area contributed by atoms with Gasteiger partial charge in [-0.3, -0.25) is 4.79 Å². The number of aliphatic hydroxyl groups excluding tert-OH is 1. The van der Waals surface area contributed by atoms with Gasteiger partial charge in [-0.1, -0.05) is 12.1 Å². The lowest BCUT2D eigenvalue weighted by molar-refractivity contribution is -0.126. The Labute approximate surface area is 126 Å². The zero-order valence-electron chi connectivity index (χ0n) is 12.0. The van der Waals surface area contributed by atoms with E-state index in [1.807, 2.05) is 0 Å². The zero-order chi connectivity index (χ0) is 15.9. The average Bonchev–Trinajstić information content (AvgIpc) is 2.73. The maximum absolute atomic E-state index is 13.4. The number of hydrogen-bond acceptors (Lipinski definition) is 3. The number of aliphatic hydroxyl groups is 1. The summed E-state index contributed by atoms with van der Waals surface area (Å²) in [5.74, 6) is -0.698. The van der Waals surface area contributed by atoms with Gasteiger partial charge in [0.25, 0.3) is 5.91 Å². The van der Waals surface area contributed by atoms with Crippen LogP contribution in [0.3, 0.4) is 0 Å². The molecule has 116 valence electrons. The Kier molecular flexibility index (Phi) is 3.58. The minimum Gasteiger partial charge on any atom is -0.392 e. The SMILES string of the molecule is C[C@H](O)CN1CC2=C(C1=O)[C@H](c1cccc(F)c1)NC(=O)N2. The van der Waals surface area contributed by atoms with Gasteiger partial charge in [0.2, 0.25) is 0 Å². The van der Waals surface area contributed by atoms with Crippen LogP contribution in [0.1, 0.15) is 18.5 Å². The van der Waals surface area contributed by atoms with Crippen molar-refractivity contribution in [3.05, 3.63) is 46.9 Å². The second-order valence-corrected chi connectivity index (χ2v) is 5.51. The van der Waals surface area contributed by atoms with E-state index in [0.717, 1.165) is 0 Å². The molecule has 3 rings (SSSR count). The highest BCUT2D eigenvalue weighted by Crippen LogP contribution is 2.32. The molecule has 0 spiro atoms. The van der Waals surface area contributed by atoms with E-state index in [2.05, 4.69) is 10.6 Å². The molecule has 0 saturated heterocycles. The van der Waals surface area contributed by atoms with E-state index in [1.165, 1.54) is 23.1 Å². The van der Waals surface area contributed by atoms with Crippen LogP contribution in [-0.2, 0) is 4.79 Å². The fraction of sp³-hybridized carbons (Fsp3) is 0.333. The number of urea groups is 1. The topological polar surface area (TPSA) is 81.7 Å². The largest absolute Gasteiger partial charge is 0.392 e. The first-order valence-electron chi connectivity index (χ1n) is 6.99. The van der Waals surface area contributed by atoms with Crippen LogP contribution in [0.4, 0.5) is 9.18 Å². The number of hydrogen-bond donors (Lipinski definition) is 3. The normalized spacial score (nSPS) is 22.3. The molecule has 0 unspecified atom stereocenters. The molecular weight excluding hydrogens is 289 g/mol. The van der Waals surface area contributed by atoms with Gasteiger partial charge in [-0.15, -0.1) is 0 Å². The molecule has 0 bridgehead atoms. The maximum Gasteiger partial charge on any atom is 0.319 e. The fourth-order valence-electron chi connectivity index (χ4n) is 2.83. The molecule has 22 heavy (non-hydrogen) atoms. The standard InChI is InChI=1S/C15H16FN3O3/c1-8(20)6-19-7-11-12(14(19)21)13(18-15(22)17-11)9-3-2-4-10(16)5-9/h2-5,8,13,20H,6-7H2,1H3,(H2,17,18,22)/t8-,13-/m0/s1. The smallest absolute Gasteiger partial charge is 0.319 e. The van der Waals surface area contributed by atoms with E-state index in [0.29, 0.717) is 16.8 Å². The van der Waals surface area contributed by atoms with Crippen molar-refractivity contribution in [1.82, 2.24) is 15.5 Å². The van der Waals surface area contributed by atoms with Crippen molar-refractivity contribution in [2.24, 2.45) is 0 Å². The maximum atomic E-state index is 13.4. The van der Waals surface area contributed by atoms with Crippen molar-refractivity contribution in [2.45, 2.75) is 19.1 Å². The van der Waals surface area contributed by atoms with Crippen molar-refractivity contribution in [3.8, 4) is 0 Å². The minimum absolute atomic E-state index is 0.178. The second kappa shape index (κ2) is 5.42. The van der Waals surface area contributed by atoms with Crippen LogP contribution in [0.25, 0.3) is 0 Å². The van der Waals surface area contributed by atoms with Crippen molar-refractivity contribution < 1.29 is 19.1 Å².